The Labute approximate surface area is 121 Å². The van der Waals surface area contributed by atoms with E-state index in [4.69, 9.17) is 9.31 Å². The van der Waals surface area contributed by atoms with Gasteiger partial charge in [0.15, 0.2) is 6.61 Å². The van der Waals surface area contributed by atoms with Crippen molar-refractivity contribution >= 4 is 12.7 Å². The van der Waals surface area contributed by atoms with Crippen LogP contribution in [0.3, 0.4) is 0 Å². The van der Waals surface area contributed by atoms with Crippen LogP contribution in [0.15, 0.2) is 18.2 Å². The lowest BCUT2D eigenvalue weighted by atomic mass is 9.84. The highest BCUT2D eigenvalue weighted by Crippen LogP contribution is 2.36. The third kappa shape index (κ3) is 3.68. The third-order valence-electron chi connectivity index (χ3n) is 3.62. The maximum atomic E-state index is 12.1. The molecule has 1 aliphatic heterocycles. The largest absolute Gasteiger partial charge is 0.514 e. The summed E-state index contributed by atoms with van der Waals surface area (Å²) in [6.45, 7) is 6.16. The van der Waals surface area contributed by atoms with Gasteiger partial charge in [-0.05, 0) is 33.8 Å². The molecule has 2 rings (SSSR count). The number of nitrogens with zero attached hydrogens (tertiary/aromatic N) is 1. The first kappa shape index (κ1) is 16.1. The molecule has 0 saturated carbocycles. The van der Waals surface area contributed by atoms with Crippen LogP contribution in [-0.2, 0) is 9.31 Å². The predicted octanol–water partition coefficient (Wildman–Crippen LogP) is 2.32. The van der Waals surface area contributed by atoms with Gasteiger partial charge in [0.2, 0.25) is 5.88 Å². The quantitative estimate of drug-likeness (QED) is 0.804. The molecule has 0 aromatic carbocycles. The van der Waals surface area contributed by atoms with Crippen LogP contribution in [-0.4, -0.2) is 36.1 Å². The fourth-order valence-electron chi connectivity index (χ4n) is 1.76. The number of hydrogen-bond donors (Lipinski definition) is 0. The topological polar surface area (TPSA) is 40.6 Å². The molecule has 1 fully saturated rings. The van der Waals surface area contributed by atoms with Crippen LogP contribution in [0.4, 0.5) is 13.2 Å². The lowest BCUT2D eigenvalue weighted by Gasteiger charge is -2.32. The molecule has 1 aromatic rings. The van der Waals surface area contributed by atoms with E-state index in [-0.39, 0.29) is 5.88 Å². The van der Waals surface area contributed by atoms with Crippen molar-refractivity contribution in [3.8, 4) is 5.88 Å². The Morgan fingerprint density at radius 1 is 1.14 bits per heavy atom. The van der Waals surface area contributed by atoms with Gasteiger partial charge in [0.25, 0.3) is 0 Å². The number of rotatable bonds is 3. The summed E-state index contributed by atoms with van der Waals surface area (Å²) in [6.07, 6.45) is -4.40. The highest BCUT2D eigenvalue weighted by atomic mass is 19.4. The van der Waals surface area contributed by atoms with Gasteiger partial charge in [-0.25, -0.2) is 4.98 Å². The predicted molar refractivity (Wildman–Crippen MR) is 71.5 cm³/mol. The Morgan fingerprint density at radius 2 is 1.71 bits per heavy atom. The average molecular weight is 303 g/mol. The maximum absolute atomic E-state index is 12.1. The van der Waals surface area contributed by atoms with E-state index >= 15 is 0 Å². The molecule has 21 heavy (non-hydrogen) atoms. The van der Waals surface area contributed by atoms with Gasteiger partial charge < -0.3 is 14.0 Å². The molecule has 1 aromatic heterocycles. The van der Waals surface area contributed by atoms with Crippen molar-refractivity contribution in [3.63, 3.8) is 0 Å². The van der Waals surface area contributed by atoms with Crippen LogP contribution in [0.2, 0.25) is 0 Å². The van der Waals surface area contributed by atoms with E-state index in [0.29, 0.717) is 5.59 Å². The van der Waals surface area contributed by atoms with Crippen LogP contribution < -0.4 is 10.3 Å². The Balaban J connectivity index is 2.12. The second-order valence-electron chi connectivity index (χ2n) is 5.89. The van der Waals surface area contributed by atoms with Crippen LogP contribution >= 0.6 is 0 Å². The molecule has 4 nitrogen and oxygen atoms in total. The number of aromatic nitrogens is 1. The summed E-state index contributed by atoms with van der Waals surface area (Å²) in [7, 11) is -0.732. The Hall–Kier alpha value is -1.28. The molecule has 2 heterocycles. The van der Waals surface area contributed by atoms with Gasteiger partial charge in [-0.15, -0.1) is 0 Å². The molecule has 1 saturated heterocycles. The first-order chi connectivity index (χ1) is 9.50. The summed E-state index contributed by atoms with van der Waals surface area (Å²) < 4.78 is 52.6. The van der Waals surface area contributed by atoms with Gasteiger partial charge in [0, 0.05) is 6.07 Å². The van der Waals surface area contributed by atoms with Gasteiger partial charge >= 0.3 is 13.3 Å². The SMILES string of the molecule is CC1(C)OB(c2cccc(OCC(F)(F)F)n2)OC1(C)C. The molecule has 0 unspecified atom stereocenters. The van der Waals surface area contributed by atoms with Crippen molar-refractivity contribution < 1.29 is 27.2 Å². The second-order valence-corrected chi connectivity index (χ2v) is 5.89. The van der Waals surface area contributed by atoms with Gasteiger partial charge in [-0.3, -0.25) is 0 Å². The molecule has 116 valence electrons. The number of halogens is 3. The van der Waals surface area contributed by atoms with Crippen molar-refractivity contribution in [2.24, 2.45) is 0 Å². The second kappa shape index (κ2) is 5.17. The van der Waals surface area contributed by atoms with Crippen LogP contribution in [0.5, 0.6) is 5.88 Å². The van der Waals surface area contributed by atoms with Crippen LogP contribution in [0.1, 0.15) is 27.7 Å². The molecule has 0 bridgehead atoms. The minimum absolute atomic E-state index is 0.112. The van der Waals surface area contributed by atoms with E-state index < -0.39 is 31.1 Å². The maximum Gasteiger partial charge on any atom is 0.514 e. The molecule has 1 aliphatic rings. The van der Waals surface area contributed by atoms with E-state index in [1.165, 1.54) is 6.07 Å². The fraction of sp³-hybridized carbons (Fsp3) is 0.615. The number of pyridine rings is 1. The van der Waals surface area contributed by atoms with Crippen LogP contribution in [0, 0.1) is 0 Å². The van der Waals surface area contributed by atoms with Crippen molar-refractivity contribution in [3.05, 3.63) is 18.2 Å². The summed E-state index contributed by atoms with van der Waals surface area (Å²) in [5.41, 5.74) is -0.696. The van der Waals surface area contributed by atoms with Crippen molar-refractivity contribution in [1.29, 1.82) is 0 Å². The molecular weight excluding hydrogens is 286 g/mol. The standard InChI is InChI=1S/C13H17BF3NO3/c1-11(2)12(3,4)21-14(20-11)9-6-5-7-10(18-9)19-8-13(15,16)17/h5-7H,8H2,1-4H3. The molecule has 0 radical (unpaired) electrons. The van der Waals surface area contributed by atoms with Crippen molar-refractivity contribution in [1.82, 2.24) is 4.98 Å². The zero-order valence-electron chi connectivity index (χ0n) is 12.3. The summed E-state index contributed by atoms with van der Waals surface area (Å²) in [4.78, 5) is 4.02. The number of hydrogen-bond acceptors (Lipinski definition) is 4. The summed E-state index contributed by atoms with van der Waals surface area (Å²) in [5.74, 6) is -0.112. The highest BCUT2D eigenvalue weighted by Gasteiger charge is 2.52. The lowest BCUT2D eigenvalue weighted by Crippen LogP contribution is -2.41. The average Bonchev–Trinajstić information content (AvgIpc) is 2.56. The monoisotopic (exact) mass is 303 g/mol. The smallest absolute Gasteiger partial charge is 0.468 e. The normalized spacial score (nSPS) is 20.6. The highest BCUT2D eigenvalue weighted by molar-refractivity contribution is 6.61. The van der Waals surface area contributed by atoms with E-state index in [1.54, 1.807) is 12.1 Å². The number of alkyl halides is 3. The van der Waals surface area contributed by atoms with E-state index in [9.17, 15) is 13.2 Å². The number of ether oxygens (including phenoxy) is 1. The van der Waals surface area contributed by atoms with Crippen molar-refractivity contribution in [2.45, 2.75) is 45.1 Å². The van der Waals surface area contributed by atoms with Crippen molar-refractivity contribution in [2.75, 3.05) is 6.61 Å². The Morgan fingerprint density at radius 3 is 2.24 bits per heavy atom. The zero-order chi connectivity index (χ0) is 15.9. The van der Waals surface area contributed by atoms with E-state index in [2.05, 4.69) is 9.72 Å². The third-order valence-corrected chi connectivity index (χ3v) is 3.62. The molecule has 0 atom stereocenters. The summed E-state index contributed by atoms with van der Waals surface area (Å²) in [5, 5.41) is 0. The van der Waals surface area contributed by atoms with Gasteiger partial charge in [-0.2, -0.15) is 13.2 Å². The van der Waals surface area contributed by atoms with Gasteiger partial charge in [0.05, 0.1) is 16.8 Å². The first-order valence-electron chi connectivity index (χ1n) is 6.52. The van der Waals surface area contributed by atoms with Gasteiger partial charge in [0.1, 0.15) is 0 Å². The lowest BCUT2D eigenvalue weighted by molar-refractivity contribution is -0.154. The molecule has 8 heteroatoms. The first-order valence-corrected chi connectivity index (χ1v) is 6.52. The molecule has 0 aliphatic carbocycles. The van der Waals surface area contributed by atoms with E-state index in [1.807, 2.05) is 27.7 Å². The Bertz CT molecular complexity index is 504. The molecule has 0 amide bonds. The Kier molecular flexibility index (Phi) is 3.97. The van der Waals surface area contributed by atoms with Gasteiger partial charge in [-0.1, -0.05) is 6.07 Å². The molecule has 0 N–H and O–H groups in total. The zero-order valence-corrected chi connectivity index (χ0v) is 12.3. The summed E-state index contributed by atoms with van der Waals surface area (Å²) in [6, 6.07) is 4.54. The molecule has 0 spiro atoms. The van der Waals surface area contributed by atoms with Crippen LogP contribution in [0.25, 0.3) is 0 Å². The summed E-state index contributed by atoms with van der Waals surface area (Å²) >= 11 is 0. The molecular formula is C13H17BF3NO3. The van der Waals surface area contributed by atoms with E-state index in [0.717, 1.165) is 0 Å². The fourth-order valence-corrected chi connectivity index (χ4v) is 1.76. The minimum atomic E-state index is -4.40. The minimum Gasteiger partial charge on any atom is -0.468 e.